The summed E-state index contributed by atoms with van der Waals surface area (Å²) in [7, 11) is 1.89. The van der Waals surface area contributed by atoms with Gasteiger partial charge >= 0.3 is 0 Å². The van der Waals surface area contributed by atoms with Crippen LogP contribution in [0, 0.1) is 0 Å². The number of likely N-dealkylation sites (tertiary alicyclic amines) is 1. The van der Waals surface area contributed by atoms with Crippen LogP contribution in [0.4, 0.5) is 0 Å². The van der Waals surface area contributed by atoms with Crippen LogP contribution in [0.2, 0.25) is 0 Å². The van der Waals surface area contributed by atoms with Crippen LogP contribution in [0.3, 0.4) is 0 Å². The summed E-state index contributed by atoms with van der Waals surface area (Å²) in [4.78, 5) is 9.38. The molecule has 1 rings (SSSR count). The van der Waals surface area contributed by atoms with Crippen molar-refractivity contribution in [2.45, 2.75) is 32.7 Å². The highest BCUT2D eigenvalue weighted by atomic mass is 127. The first-order valence-electron chi connectivity index (χ1n) is 7.45. The summed E-state index contributed by atoms with van der Waals surface area (Å²) in [5, 5.41) is 3.49. The van der Waals surface area contributed by atoms with Gasteiger partial charge in [0.25, 0.3) is 0 Å². The molecule has 6 heteroatoms. The van der Waals surface area contributed by atoms with Crippen LogP contribution < -0.4 is 5.32 Å². The molecule has 1 aliphatic rings. The molecule has 1 atom stereocenters. The van der Waals surface area contributed by atoms with Gasteiger partial charge in [-0.25, -0.2) is 0 Å². The number of nitrogens with zero attached hydrogens (tertiary/aromatic N) is 3. The lowest BCUT2D eigenvalue weighted by atomic mass is 10.2. The van der Waals surface area contributed by atoms with Crippen molar-refractivity contribution < 1.29 is 0 Å². The van der Waals surface area contributed by atoms with Gasteiger partial charge in [0.15, 0.2) is 5.96 Å². The molecular formula is C14H31IN4S. The van der Waals surface area contributed by atoms with Crippen molar-refractivity contribution in [1.82, 2.24) is 15.1 Å². The van der Waals surface area contributed by atoms with E-state index in [1.165, 1.54) is 18.6 Å². The van der Waals surface area contributed by atoms with Crippen LogP contribution >= 0.6 is 35.7 Å². The number of hydrogen-bond donors (Lipinski definition) is 1. The zero-order valence-corrected chi connectivity index (χ0v) is 16.5. The predicted molar refractivity (Wildman–Crippen MR) is 103 cm³/mol. The third-order valence-electron chi connectivity index (χ3n) is 3.81. The summed E-state index contributed by atoms with van der Waals surface area (Å²) < 4.78 is 0. The fourth-order valence-corrected chi connectivity index (χ4v) is 3.15. The van der Waals surface area contributed by atoms with Crippen molar-refractivity contribution in [3.05, 3.63) is 0 Å². The maximum atomic E-state index is 4.42. The fraction of sp³-hybridized carbons (Fsp3) is 0.929. The van der Waals surface area contributed by atoms with Crippen LogP contribution in [-0.2, 0) is 0 Å². The third kappa shape index (κ3) is 6.39. The van der Waals surface area contributed by atoms with Gasteiger partial charge in [0.1, 0.15) is 0 Å². The Morgan fingerprint density at radius 2 is 2.10 bits per heavy atom. The summed E-state index contributed by atoms with van der Waals surface area (Å²) in [5.41, 5.74) is 0. The Hall–Kier alpha value is 0.310. The van der Waals surface area contributed by atoms with Crippen molar-refractivity contribution in [1.29, 1.82) is 0 Å². The molecule has 1 fully saturated rings. The summed E-state index contributed by atoms with van der Waals surface area (Å²) in [5.74, 6) is 2.29. The molecule has 1 heterocycles. The first kappa shape index (κ1) is 20.3. The lowest BCUT2D eigenvalue weighted by Gasteiger charge is -2.27. The van der Waals surface area contributed by atoms with Gasteiger partial charge in [0.05, 0.1) is 0 Å². The minimum absolute atomic E-state index is 0. The van der Waals surface area contributed by atoms with Crippen molar-refractivity contribution in [3.8, 4) is 0 Å². The Labute approximate surface area is 146 Å². The third-order valence-corrected chi connectivity index (χ3v) is 4.51. The Kier molecular flexibility index (Phi) is 12.1. The van der Waals surface area contributed by atoms with Crippen molar-refractivity contribution in [2.24, 2.45) is 4.99 Å². The molecule has 0 radical (unpaired) electrons. The molecule has 0 aromatic heterocycles. The van der Waals surface area contributed by atoms with E-state index < -0.39 is 0 Å². The Bertz CT molecular complexity index is 272. The topological polar surface area (TPSA) is 30.9 Å². The lowest BCUT2D eigenvalue weighted by molar-refractivity contribution is 0.223. The highest BCUT2D eigenvalue weighted by Gasteiger charge is 2.27. The molecule has 1 aliphatic heterocycles. The van der Waals surface area contributed by atoms with E-state index in [2.05, 4.69) is 40.2 Å². The number of rotatable bonds is 7. The minimum Gasteiger partial charge on any atom is -0.356 e. The monoisotopic (exact) mass is 414 g/mol. The SMILES string of the molecule is CCN(CC)C1CCN(C(=NC)NCCCSC)C1.I. The number of guanidine groups is 1. The zero-order chi connectivity index (χ0) is 14.1. The Balaban J connectivity index is 0.00000361. The zero-order valence-electron chi connectivity index (χ0n) is 13.4. The average molecular weight is 414 g/mol. The van der Waals surface area contributed by atoms with Gasteiger partial charge in [0, 0.05) is 32.7 Å². The average Bonchev–Trinajstić information content (AvgIpc) is 2.90. The van der Waals surface area contributed by atoms with E-state index in [0.717, 1.165) is 38.7 Å². The standard InChI is InChI=1S/C14H30N4S.HI/c1-5-17(6-2)13-8-10-18(12-13)14(15-3)16-9-7-11-19-4;/h13H,5-12H2,1-4H3,(H,15,16);1H. The van der Waals surface area contributed by atoms with E-state index in [1.54, 1.807) is 0 Å². The molecule has 0 bridgehead atoms. The van der Waals surface area contributed by atoms with E-state index in [0.29, 0.717) is 6.04 Å². The molecule has 1 N–H and O–H groups in total. The highest BCUT2D eigenvalue weighted by Crippen LogP contribution is 2.15. The lowest BCUT2D eigenvalue weighted by Crippen LogP contribution is -2.43. The van der Waals surface area contributed by atoms with Crippen molar-refractivity contribution in [2.75, 3.05) is 51.8 Å². The summed E-state index contributed by atoms with van der Waals surface area (Å²) >= 11 is 1.90. The molecule has 0 spiro atoms. The van der Waals surface area contributed by atoms with E-state index >= 15 is 0 Å². The molecule has 0 aromatic rings. The predicted octanol–water partition coefficient (Wildman–Crippen LogP) is 2.35. The maximum Gasteiger partial charge on any atom is 0.193 e. The summed E-state index contributed by atoms with van der Waals surface area (Å²) in [6.07, 6.45) is 4.62. The van der Waals surface area contributed by atoms with Gasteiger partial charge in [-0.3, -0.25) is 9.89 Å². The Morgan fingerprint density at radius 3 is 2.65 bits per heavy atom. The second-order valence-corrected chi connectivity index (χ2v) is 5.92. The van der Waals surface area contributed by atoms with Gasteiger partial charge in [-0.05, 0) is 37.9 Å². The molecule has 4 nitrogen and oxygen atoms in total. The largest absolute Gasteiger partial charge is 0.356 e. The van der Waals surface area contributed by atoms with Gasteiger partial charge in [-0.1, -0.05) is 13.8 Å². The molecule has 1 saturated heterocycles. The van der Waals surface area contributed by atoms with Crippen molar-refractivity contribution >= 4 is 41.7 Å². The summed E-state index contributed by atoms with van der Waals surface area (Å²) in [6.45, 7) is 10.1. The van der Waals surface area contributed by atoms with Gasteiger partial charge in [-0.15, -0.1) is 24.0 Å². The molecule has 0 saturated carbocycles. The molecule has 20 heavy (non-hydrogen) atoms. The van der Waals surface area contributed by atoms with Crippen molar-refractivity contribution in [3.63, 3.8) is 0 Å². The molecule has 1 unspecified atom stereocenters. The van der Waals surface area contributed by atoms with Crippen LogP contribution in [-0.4, -0.2) is 73.6 Å². The second kappa shape index (κ2) is 11.9. The van der Waals surface area contributed by atoms with E-state index in [4.69, 9.17) is 0 Å². The summed E-state index contributed by atoms with van der Waals surface area (Å²) in [6, 6.07) is 0.694. The van der Waals surface area contributed by atoms with Crippen LogP contribution in [0.25, 0.3) is 0 Å². The van der Waals surface area contributed by atoms with E-state index in [9.17, 15) is 0 Å². The first-order valence-corrected chi connectivity index (χ1v) is 8.84. The molecule has 120 valence electrons. The molecule has 0 aliphatic carbocycles. The van der Waals surface area contributed by atoms with Crippen LogP contribution in [0.1, 0.15) is 26.7 Å². The van der Waals surface area contributed by atoms with Gasteiger partial charge in [0.2, 0.25) is 0 Å². The quantitative estimate of drug-likeness (QED) is 0.300. The second-order valence-electron chi connectivity index (χ2n) is 4.93. The van der Waals surface area contributed by atoms with Gasteiger partial charge in [-0.2, -0.15) is 11.8 Å². The van der Waals surface area contributed by atoms with E-state index in [1.807, 2.05) is 18.8 Å². The highest BCUT2D eigenvalue weighted by molar-refractivity contribution is 14.0. The van der Waals surface area contributed by atoms with Crippen LogP contribution in [0.5, 0.6) is 0 Å². The van der Waals surface area contributed by atoms with Crippen LogP contribution in [0.15, 0.2) is 4.99 Å². The van der Waals surface area contributed by atoms with E-state index in [-0.39, 0.29) is 24.0 Å². The fourth-order valence-electron chi connectivity index (χ4n) is 2.72. The first-order chi connectivity index (χ1) is 9.26. The smallest absolute Gasteiger partial charge is 0.193 e. The molecule has 0 amide bonds. The number of thioether (sulfide) groups is 1. The number of likely N-dealkylation sites (N-methyl/N-ethyl adjacent to an activating group) is 1. The minimum atomic E-state index is 0. The maximum absolute atomic E-state index is 4.42. The molecule has 0 aromatic carbocycles. The molecular weight excluding hydrogens is 383 g/mol. The normalized spacial score (nSPS) is 19.4. The number of hydrogen-bond acceptors (Lipinski definition) is 3. The number of nitrogens with one attached hydrogen (secondary N) is 1. The number of aliphatic imine (C=N–C) groups is 1. The number of halogens is 1. The Morgan fingerprint density at radius 1 is 1.40 bits per heavy atom. The van der Waals surface area contributed by atoms with Gasteiger partial charge < -0.3 is 10.2 Å².